The van der Waals surface area contributed by atoms with Crippen LogP contribution >= 0.6 is 24.8 Å². The summed E-state index contributed by atoms with van der Waals surface area (Å²) in [6.45, 7) is -11.4. The van der Waals surface area contributed by atoms with Gasteiger partial charge in [-0.25, -0.2) is 4.79 Å². The van der Waals surface area contributed by atoms with E-state index < -0.39 is 55.7 Å². The first-order valence-electron chi connectivity index (χ1n) is 16.0. The highest BCUT2D eigenvalue weighted by Gasteiger charge is 2.19. The van der Waals surface area contributed by atoms with Crippen LogP contribution in [0.4, 0.5) is 5.69 Å². The molecule has 0 aliphatic carbocycles. The van der Waals surface area contributed by atoms with E-state index in [1.807, 2.05) is 0 Å². The lowest BCUT2D eigenvalue weighted by Crippen LogP contribution is -2.27. The molecule has 0 aliphatic heterocycles. The first-order chi connectivity index (χ1) is 21.1. The van der Waals surface area contributed by atoms with Crippen LogP contribution in [0.1, 0.15) is 55.0 Å². The maximum Gasteiger partial charge on any atom is 0.338 e. The minimum absolute atomic E-state index is 0. The second kappa shape index (κ2) is 13.0. The number of amides is 1. The fraction of sp³-hybridized carbons (Fsp3) is 0.179. The normalized spacial score (nSPS) is 18.4. The van der Waals surface area contributed by atoms with Crippen LogP contribution < -0.4 is 11.1 Å². The largest absolute Gasteiger partial charge is 0.457 e. The topological polar surface area (TPSA) is 94.3 Å². The molecule has 1 unspecified atom stereocenters. The van der Waals surface area contributed by atoms with Crippen molar-refractivity contribution in [2.24, 2.45) is 5.73 Å². The molecule has 1 aromatic heterocycles. The molecule has 3 N–H and O–H groups in total. The van der Waals surface area contributed by atoms with Gasteiger partial charge in [0.05, 0.1) is 15.6 Å². The Morgan fingerprint density at radius 3 is 2.61 bits per heavy atom. The summed E-state index contributed by atoms with van der Waals surface area (Å²) >= 11 is 0. The summed E-state index contributed by atoms with van der Waals surface area (Å²) in [6, 6.07) is 13.1. The summed E-state index contributed by atoms with van der Waals surface area (Å²) in [5.41, 5.74) is 3.73. The minimum atomic E-state index is -2.95. The number of benzene rings is 3. The number of hydrogen-bond acceptors (Lipinski definition) is 5. The average Bonchev–Trinajstić information content (AvgIpc) is 2.94. The van der Waals surface area contributed by atoms with Gasteiger partial charge in [0.25, 0.3) is 0 Å². The highest BCUT2D eigenvalue weighted by Crippen LogP contribution is 2.22. The van der Waals surface area contributed by atoms with Crippen molar-refractivity contribution >= 4 is 53.2 Å². The average molecular weight is 539 g/mol. The van der Waals surface area contributed by atoms with Crippen molar-refractivity contribution in [3.05, 3.63) is 107 Å². The number of ether oxygens (including phenoxy) is 1. The molecule has 0 bridgehead atoms. The molecule has 0 radical (unpaired) electrons. The van der Waals surface area contributed by atoms with Crippen LogP contribution in [-0.4, -0.2) is 23.4 Å². The molecule has 0 saturated heterocycles. The Labute approximate surface area is 239 Å². The van der Waals surface area contributed by atoms with E-state index in [4.69, 9.17) is 26.9 Å². The quantitative estimate of drug-likeness (QED) is 0.293. The molecule has 188 valence electrons. The van der Waals surface area contributed by atoms with Gasteiger partial charge in [-0.3, -0.25) is 9.78 Å². The van der Waals surface area contributed by atoms with E-state index in [0.29, 0.717) is 10.8 Å². The lowest BCUT2D eigenvalue weighted by Gasteiger charge is -2.16. The number of hydrogen-bond donors (Lipinski definition) is 2. The number of carbonyl (C=O) groups excluding carboxylic acids is 2. The molecule has 1 heterocycles. The Bertz CT molecular complexity index is 1810. The van der Waals surface area contributed by atoms with E-state index in [-0.39, 0.29) is 53.4 Å². The molecule has 4 rings (SSSR count). The van der Waals surface area contributed by atoms with Gasteiger partial charge in [0.15, 0.2) is 0 Å². The smallest absolute Gasteiger partial charge is 0.338 e. The molecule has 0 fully saturated rings. The van der Waals surface area contributed by atoms with Gasteiger partial charge in [0.1, 0.15) is 6.56 Å². The van der Waals surface area contributed by atoms with Gasteiger partial charge in [-0.15, -0.1) is 24.8 Å². The number of esters is 1. The number of nitrogens with two attached hydrogens (primary N) is 1. The molecular formula is C28H29Cl2N3O3. The molecule has 0 spiro atoms. The first kappa shape index (κ1) is 15.6. The lowest BCUT2D eigenvalue weighted by molar-refractivity contribution is -0.117. The predicted molar refractivity (Wildman–Crippen MR) is 148 cm³/mol. The molecule has 0 aliphatic rings. The van der Waals surface area contributed by atoms with Crippen molar-refractivity contribution < 1.29 is 30.8 Å². The van der Waals surface area contributed by atoms with E-state index >= 15 is 0 Å². The second-order valence-corrected chi connectivity index (χ2v) is 7.16. The summed E-state index contributed by atoms with van der Waals surface area (Å²) in [7, 11) is 0. The monoisotopic (exact) mass is 537 g/mol. The number of aryl methyl sites for hydroxylation is 2. The van der Waals surface area contributed by atoms with Crippen molar-refractivity contribution in [1.82, 2.24) is 4.98 Å². The third-order valence-corrected chi connectivity index (χ3v) is 4.87. The van der Waals surface area contributed by atoms with Crippen molar-refractivity contribution in [3.63, 3.8) is 0 Å². The Balaban J connectivity index is 0.00000400. The van der Waals surface area contributed by atoms with E-state index in [0.717, 1.165) is 42.5 Å². The van der Waals surface area contributed by atoms with E-state index in [2.05, 4.69) is 10.3 Å². The Morgan fingerprint density at radius 1 is 1.08 bits per heavy atom. The number of carbonyl (C=O) groups is 2. The molecule has 6 nitrogen and oxygen atoms in total. The van der Waals surface area contributed by atoms with Crippen LogP contribution in [0.15, 0.2) is 79.1 Å². The van der Waals surface area contributed by atoms with Gasteiger partial charge in [-0.1, -0.05) is 48.0 Å². The molecule has 0 saturated carbocycles. The first-order valence-corrected chi connectivity index (χ1v) is 10.0. The highest BCUT2D eigenvalue weighted by atomic mass is 35.5. The summed E-state index contributed by atoms with van der Waals surface area (Å²) in [6.07, 6.45) is 1.42. The zero-order valence-corrected chi connectivity index (χ0v) is 20.1. The highest BCUT2D eigenvalue weighted by molar-refractivity contribution is 5.98. The van der Waals surface area contributed by atoms with Gasteiger partial charge in [-0.05, 0) is 60.0 Å². The van der Waals surface area contributed by atoms with Crippen molar-refractivity contribution in [2.75, 3.05) is 11.8 Å². The van der Waals surface area contributed by atoms with E-state index in [1.165, 1.54) is 24.4 Å². The molecule has 8 heteroatoms. The number of fused-ring (bicyclic) bond motifs is 1. The van der Waals surface area contributed by atoms with Gasteiger partial charge < -0.3 is 15.8 Å². The Kier molecular flexibility index (Phi) is 5.65. The summed E-state index contributed by atoms with van der Waals surface area (Å²) in [5, 5.41) is 3.53. The summed E-state index contributed by atoms with van der Waals surface area (Å²) in [5.74, 6) is -5.31. The molecule has 4 aromatic rings. The van der Waals surface area contributed by atoms with Crippen molar-refractivity contribution in [1.29, 1.82) is 0 Å². The van der Waals surface area contributed by atoms with Crippen LogP contribution in [0.2, 0.25) is 0 Å². The van der Waals surface area contributed by atoms with Crippen LogP contribution in [0, 0.1) is 13.7 Å². The number of nitrogens with zero attached hydrogens (tertiary/aromatic N) is 1. The third kappa shape index (κ3) is 6.82. The lowest BCUT2D eigenvalue weighted by atomic mass is 9.97. The fourth-order valence-corrected chi connectivity index (χ4v) is 3.17. The van der Waals surface area contributed by atoms with Crippen molar-refractivity contribution in [2.45, 2.75) is 26.2 Å². The molecule has 1 atom stereocenters. The van der Waals surface area contributed by atoms with Gasteiger partial charge in [0.2, 0.25) is 5.91 Å². The summed E-state index contributed by atoms with van der Waals surface area (Å²) in [4.78, 5) is 30.2. The Hall–Kier alpha value is -3.45. The standard InChI is InChI=1S/C28H27N3O3.2ClH/c1-18-3-10-25(19(2)13-18)28(33)34-17-20-4-6-21(7-5-20)26(15-29)27(32)31-24-9-8-23-16-30-12-11-22(23)14-24;;/h3-14,16,26H,15,17,29H2,1-2H3,(H,31,32);2*1H/i1D3,2D3,15D2,16D,17D2,26D;;. The number of halogens is 2. The second-order valence-electron chi connectivity index (χ2n) is 7.16. The van der Waals surface area contributed by atoms with Crippen LogP contribution in [0.5, 0.6) is 0 Å². The number of pyridine rings is 1. The molecule has 3 aromatic carbocycles. The van der Waals surface area contributed by atoms with Gasteiger partial charge >= 0.3 is 5.97 Å². The number of aromatic nitrogens is 1. The van der Waals surface area contributed by atoms with Gasteiger partial charge in [-0.2, -0.15) is 0 Å². The Morgan fingerprint density at radius 2 is 1.89 bits per heavy atom. The van der Waals surface area contributed by atoms with Crippen LogP contribution in [0.3, 0.4) is 0 Å². The maximum absolute atomic E-state index is 13.4. The molecule has 1 amide bonds. The number of anilines is 1. The number of rotatable bonds is 7. The van der Waals surface area contributed by atoms with E-state index in [1.54, 1.807) is 6.07 Å². The number of nitrogens with one attached hydrogen (secondary N) is 1. The van der Waals surface area contributed by atoms with E-state index in [9.17, 15) is 9.59 Å². The third-order valence-electron chi connectivity index (χ3n) is 4.87. The van der Waals surface area contributed by atoms with Crippen LogP contribution in [0.25, 0.3) is 10.8 Å². The summed E-state index contributed by atoms with van der Waals surface area (Å²) < 4.78 is 100. The SMILES string of the molecule is Cl.Cl.[2H]c1nccc2cc(NC(=O)C([2H])(c3ccc(C([2H])([2H])OC(=O)c4ccc(C([2H])([2H])[2H])cc4C([2H])([2H])[2H])cc3)C([2H])([2H])N)ccc12. The molecular weight excluding hydrogens is 497 g/mol. The zero-order valence-electron chi connectivity index (χ0n) is 30.5. The zero-order chi connectivity index (χ0) is 34.5. The van der Waals surface area contributed by atoms with Crippen LogP contribution in [-0.2, 0) is 16.1 Å². The fourth-order valence-electron chi connectivity index (χ4n) is 3.17. The van der Waals surface area contributed by atoms with Gasteiger partial charge in [0, 0.05) is 42.3 Å². The minimum Gasteiger partial charge on any atom is -0.457 e. The maximum atomic E-state index is 13.4. The van der Waals surface area contributed by atoms with Crippen molar-refractivity contribution in [3.8, 4) is 0 Å². The predicted octanol–water partition coefficient (Wildman–Crippen LogP) is 5.73. The molecule has 36 heavy (non-hydrogen) atoms.